The van der Waals surface area contributed by atoms with Gasteiger partial charge in [0, 0.05) is 12.5 Å². The minimum absolute atomic E-state index is 0. The van der Waals surface area contributed by atoms with Gasteiger partial charge in [-0.1, -0.05) is 19.6 Å². The number of allylic oxidation sites excluding steroid dienone is 1. The van der Waals surface area contributed by atoms with Crippen LogP contribution < -0.4 is 0 Å². The summed E-state index contributed by atoms with van der Waals surface area (Å²) in [6.45, 7) is 1.79. The molecule has 1 aliphatic carbocycles. The van der Waals surface area contributed by atoms with Crippen LogP contribution in [0.15, 0.2) is 12.2 Å². The zero-order valence-electron chi connectivity index (χ0n) is 5.54. The number of rotatable bonds is 1. The lowest BCUT2D eigenvalue weighted by Gasteiger charge is -2.22. The molecule has 10 heavy (non-hydrogen) atoms. The number of aliphatic hydroxyl groups excluding tert-OH is 1. The molecule has 0 saturated heterocycles. The van der Waals surface area contributed by atoms with E-state index in [1.54, 1.807) is 13.0 Å². The summed E-state index contributed by atoms with van der Waals surface area (Å²) in [5.74, 6) is 0.0116. The lowest BCUT2D eigenvalue weighted by atomic mass is 9.94. The maximum atomic E-state index is 9.41. The Morgan fingerprint density at radius 1 is 1.70 bits per heavy atom. The molecule has 0 aromatic heterocycles. The molecule has 60 valence electrons. The highest BCUT2D eigenvalue weighted by Gasteiger charge is 2.31. The van der Waals surface area contributed by atoms with E-state index in [1.165, 1.54) is 0 Å². The van der Waals surface area contributed by atoms with Crippen LogP contribution in [0, 0.1) is 5.92 Å². The van der Waals surface area contributed by atoms with Gasteiger partial charge in [0.15, 0.2) is 0 Å². The first-order chi connectivity index (χ1) is 4.17. The molecule has 0 spiro atoms. The summed E-state index contributed by atoms with van der Waals surface area (Å²) in [7, 11) is 0. The van der Waals surface area contributed by atoms with E-state index >= 15 is 0 Å². The molecule has 0 unspecified atom stereocenters. The molecule has 0 fully saturated rings. The Labute approximate surface area is 62.2 Å². The van der Waals surface area contributed by atoms with Gasteiger partial charge in [0.25, 0.3) is 0 Å². The van der Waals surface area contributed by atoms with Crippen LogP contribution in [0.25, 0.3) is 0 Å². The third-order valence-corrected chi connectivity index (χ3v) is 1.92. The molecule has 0 saturated carbocycles. The Bertz CT molecular complexity index is 127. The van der Waals surface area contributed by atoms with Crippen LogP contribution in [0.5, 0.6) is 0 Å². The second kappa shape index (κ2) is 3.17. The molecule has 1 rings (SSSR count). The summed E-state index contributed by atoms with van der Waals surface area (Å²) in [4.78, 5) is 0. The molecule has 0 aliphatic heterocycles. The van der Waals surface area contributed by atoms with Crippen molar-refractivity contribution < 1.29 is 10.2 Å². The fourth-order valence-electron chi connectivity index (χ4n) is 1.10. The van der Waals surface area contributed by atoms with Crippen LogP contribution in [0.3, 0.4) is 0 Å². The van der Waals surface area contributed by atoms with E-state index in [1.807, 2.05) is 6.08 Å². The van der Waals surface area contributed by atoms with E-state index in [4.69, 9.17) is 5.11 Å². The Morgan fingerprint density at radius 2 is 2.30 bits per heavy atom. The molecule has 2 atom stereocenters. The van der Waals surface area contributed by atoms with E-state index in [2.05, 4.69) is 0 Å². The van der Waals surface area contributed by atoms with Crippen LogP contribution in [0.1, 0.15) is 20.8 Å². The smallest absolute Gasteiger partial charge is 0.0852 e. The summed E-state index contributed by atoms with van der Waals surface area (Å²) in [5.41, 5.74) is -0.769. The molecule has 0 bridgehead atoms. The first kappa shape index (κ1) is 9.66. The zero-order valence-corrected chi connectivity index (χ0v) is 5.54. The summed E-state index contributed by atoms with van der Waals surface area (Å²) in [6.07, 6.45) is 4.44. The average molecular weight is 144 g/mol. The lowest BCUT2D eigenvalue weighted by Crippen LogP contribution is -2.30. The molecular weight excluding hydrogens is 128 g/mol. The highest BCUT2D eigenvalue weighted by atomic mass is 16.3. The normalized spacial score (nSPS) is 37.7. The number of hydrogen-bond donors (Lipinski definition) is 2. The van der Waals surface area contributed by atoms with Gasteiger partial charge in [0.05, 0.1) is 5.60 Å². The Kier molecular flexibility index (Phi) is 3.06. The maximum absolute atomic E-state index is 9.41. The zero-order chi connectivity index (χ0) is 6.91. The van der Waals surface area contributed by atoms with Crippen molar-refractivity contribution in [3.05, 3.63) is 12.2 Å². The molecule has 1 aliphatic rings. The topological polar surface area (TPSA) is 40.5 Å². The van der Waals surface area contributed by atoms with E-state index < -0.39 is 5.60 Å². The molecule has 0 amide bonds. The first-order valence-corrected chi connectivity index (χ1v) is 3.18. The second-order valence-corrected chi connectivity index (χ2v) is 2.74. The minimum Gasteiger partial charge on any atom is -0.396 e. The van der Waals surface area contributed by atoms with Crippen LogP contribution in [-0.4, -0.2) is 22.4 Å². The third-order valence-electron chi connectivity index (χ3n) is 1.92. The fraction of sp³-hybridized carbons (Fsp3) is 0.750. The SMILES string of the molecule is C.C[C@]1(O)C=CC[C@H]1CO. The monoisotopic (exact) mass is 144 g/mol. The lowest BCUT2D eigenvalue weighted by molar-refractivity contribution is 0.0279. The predicted octanol–water partition coefficient (Wildman–Crippen LogP) is 0.942. The molecule has 2 nitrogen and oxygen atoms in total. The van der Waals surface area contributed by atoms with Crippen molar-refractivity contribution in [1.82, 2.24) is 0 Å². The van der Waals surface area contributed by atoms with Gasteiger partial charge in [-0.15, -0.1) is 0 Å². The van der Waals surface area contributed by atoms with Crippen LogP contribution in [0.4, 0.5) is 0 Å². The molecule has 0 aromatic carbocycles. The highest BCUT2D eigenvalue weighted by molar-refractivity contribution is 5.10. The van der Waals surface area contributed by atoms with Crippen molar-refractivity contribution in [1.29, 1.82) is 0 Å². The highest BCUT2D eigenvalue weighted by Crippen LogP contribution is 2.27. The van der Waals surface area contributed by atoms with E-state index in [9.17, 15) is 5.11 Å². The average Bonchev–Trinajstić information content (AvgIpc) is 2.08. The molecule has 2 heteroatoms. The van der Waals surface area contributed by atoms with Crippen molar-refractivity contribution >= 4 is 0 Å². The largest absolute Gasteiger partial charge is 0.396 e. The molecular formula is C8H16O2. The first-order valence-electron chi connectivity index (χ1n) is 3.18. The second-order valence-electron chi connectivity index (χ2n) is 2.74. The van der Waals surface area contributed by atoms with Gasteiger partial charge >= 0.3 is 0 Å². The van der Waals surface area contributed by atoms with Gasteiger partial charge in [-0.3, -0.25) is 0 Å². The van der Waals surface area contributed by atoms with Crippen molar-refractivity contribution in [3.8, 4) is 0 Å². The molecule has 0 heterocycles. The molecule has 0 aromatic rings. The Balaban J connectivity index is 0.000000810. The van der Waals surface area contributed by atoms with Gasteiger partial charge in [-0.2, -0.15) is 0 Å². The maximum Gasteiger partial charge on any atom is 0.0852 e. The Hall–Kier alpha value is -0.340. The Morgan fingerprint density at radius 3 is 2.50 bits per heavy atom. The minimum atomic E-state index is -0.769. The van der Waals surface area contributed by atoms with Crippen LogP contribution in [0.2, 0.25) is 0 Å². The van der Waals surface area contributed by atoms with Crippen molar-refractivity contribution in [2.45, 2.75) is 26.4 Å². The molecule has 0 radical (unpaired) electrons. The standard InChI is InChI=1S/C7H12O2.CH4/c1-7(9)4-2-3-6(7)5-8;/h2,4,6,8-9H,3,5H2,1H3;1H4/t6-,7-;/m0./s1. The summed E-state index contributed by atoms with van der Waals surface area (Å²) in [6, 6.07) is 0. The van der Waals surface area contributed by atoms with Gasteiger partial charge in [0.1, 0.15) is 0 Å². The quantitative estimate of drug-likeness (QED) is 0.538. The number of hydrogen-bond acceptors (Lipinski definition) is 2. The summed E-state index contributed by atoms with van der Waals surface area (Å²) < 4.78 is 0. The number of aliphatic hydroxyl groups is 2. The van der Waals surface area contributed by atoms with Crippen LogP contribution in [-0.2, 0) is 0 Å². The molecule has 2 N–H and O–H groups in total. The van der Waals surface area contributed by atoms with Crippen molar-refractivity contribution in [2.24, 2.45) is 5.92 Å². The van der Waals surface area contributed by atoms with E-state index in [-0.39, 0.29) is 20.0 Å². The van der Waals surface area contributed by atoms with Crippen molar-refractivity contribution in [2.75, 3.05) is 6.61 Å². The van der Waals surface area contributed by atoms with E-state index in [0.29, 0.717) is 0 Å². The van der Waals surface area contributed by atoms with Gasteiger partial charge in [-0.05, 0) is 13.3 Å². The fourth-order valence-corrected chi connectivity index (χ4v) is 1.10. The van der Waals surface area contributed by atoms with E-state index in [0.717, 1.165) is 6.42 Å². The third kappa shape index (κ3) is 1.58. The summed E-state index contributed by atoms with van der Waals surface area (Å²) in [5, 5.41) is 18.1. The predicted molar refractivity (Wildman–Crippen MR) is 41.7 cm³/mol. The van der Waals surface area contributed by atoms with Crippen LogP contribution >= 0.6 is 0 Å². The van der Waals surface area contributed by atoms with Gasteiger partial charge in [-0.25, -0.2) is 0 Å². The van der Waals surface area contributed by atoms with Gasteiger partial charge < -0.3 is 10.2 Å². The van der Waals surface area contributed by atoms with Gasteiger partial charge in [0.2, 0.25) is 0 Å². The van der Waals surface area contributed by atoms with Crippen molar-refractivity contribution in [3.63, 3.8) is 0 Å². The summed E-state index contributed by atoms with van der Waals surface area (Å²) >= 11 is 0.